The third kappa shape index (κ3) is 7.55. The van der Waals surface area contributed by atoms with Crippen LogP contribution < -0.4 is 0 Å². The van der Waals surface area contributed by atoms with E-state index in [1.54, 1.807) is 0 Å². The van der Waals surface area contributed by atoms with Gasteiger partial charge in [0.1, 0.15) is 6.61 Å². The number of halogens is 6. The monoisotopic (exact) mass is 481 g/mol. The fraction of sp³-hybridized carbons (Fsp3) is 0.667. The lowest BCUT2D eigenvalue weighted by Gasteiger charge is -2.21. The second kappa shape index (κ2) is 6.99. The van der Waals surface area contributed by atoms with E-state index >= 15 is 0 Å². The molecule has 0 amide bonds. The van der Waals surface area contributed by atoms with Gasteiger partial charge >= 0.3 is 12.4 Å². The Labute approximate surface area is 132 Å². The highest BCUT2D eigenvalue weighted by molar-refractivity contribution is 9.39. The Morgan fingerprint density at radius 2 is 1.81 bits per heavy atom. The lowest BCUT2D eigenvalue weighted by Crippen LogP contribution is -2.39. The zero-order valence-electron chi connectivity index (χ0n) is 7.19. The molecule has 1 unspecified atom stereocenters. The molecule has 0 saturated carbocycles. The molecule has 1 atom stereocenters. The van der Waals surface area contributed by atoms with Crippen LogP contribution in [0, 0.1) is 0 Å². The summed E-state index contributed by atoms with van der Waals surface area (Å²) in [5, 5.41) is 0. The van der Waals surface area contributed by atoms with Crippen molar-refractivity contribution in [2.24, 2.45) is 0 Å². The number of carbonyl (C=O) groups is 1. The highest BCUT2D eigenvalue weighted by Crippen LogP contribution is 2.35. The van der Waals surface area contributed by atoms with Gasteiger partial charge in [0.15, 0.2) is 2.14 Å². The quantitative estimate of drug-likeness (QED) is 0.454. The average Bonchev–Trinajstić information content (AvgIpc) is 2.07. The van der Waals surface area contributed by atoms with Crippen LogP contribution in [0.25, 0.3) is 0 Å². The van der Waals surface area contributed by atoms with Gasteiger partial charge in [-0.1, -0.05) is 82.6 Å². The Hall–Kier alpha value is 1.25. The van der Waals surface area contributed by atoms with Gasteiger partial charge < -0.3 is 9.47 Å². The van der Waals surface area contributed by atoms with Gasteiger partial charge in [-0.25, -0.2) is 9.59 Å². The van der Waals surface area contributed by atoms with Crippen LogP contribution in [0.1, 0.15) is 0 Å². The number of alkyl halides is 6. The van der Waals surface area contributed by atoms with Crippen LogP contribution in [0.15, 0.2) is 0 Å². The van der Waals surface area contributed by atoms with Crippen molar-refractivity contribution in [2.75, 3.05) is 6.61 Å². The Morgan fingerprint density at radius 1 is 1.31 bits per heavy atom. The van der Waals surface area contributed by atoms with E-state index in [1.165, 1.54) is 0 Å². The molecular formula is C6H3Br3Cl3O4. The first-order valence-corrected chi connectivity index (χ1v) is 6.92. The van der Waals surface area contributed by atoms with Crippen LogP contribution in [-0.4, -0.2) is 31.1 Å². The molecule has 0 fully saturated rings. The third-order valence-electron chi connectivity index (χ3n) is 1.06. The van der Waals surface area contributed by atoms with Crippen LogP contribution in [0.3, 0.4) is 0 Å². The van der Waals surface area contributed by atoms with E-state index in [0.717, 1.165) is 6.47 Å². The summed E-state index contributed by atoms with van der Waals surface area (Å²) >= 11 is 25.5. The minimum atomic E-state index is -2.12. The summed E-state index contributed by atoms with van der Waals surface area (Å²) in [6, 6.07) is 0. The molecule has 4 nitrogen and oxygen atoms in total. The predicted molar refractivity (Wildman–Crippen MR) is 71.3 cm³/mol. The molecule has 0 aliphatic rings. The van der Waals surface area contributed by atoms with Gasteiger partial charge in [0.25, 0.3) is 0 Å². The summed E-state index contributed by atoms with van der Waals surface area (Å²) in [6.45, 7) is 0.879. The van der Waals surface area contributed by atoms with Crippen molar-refractivity contribution >= 4 is 95.0 Å². The molecule has 93 valence electrons. The number of carbonyl (C=O) groups excluding carboxylic acids is 2. The second-order valence-electron chi connectivity index (χ2n) is 2.35. The summed E-state index contributed by atoms with van der Waals surface area (Å²) < 4.78 is 6.00. The lowest BCUT2D eigenvalue weighted by molar-refractivity contribution is -0.152. The molecule has 0 aromatic rings. The molecule has 0 aliphatic heterocycles. The highest BCUT2D eigenvalue weighted by atomic mass is 80.0. The molecule has 0 rings (SSSR count). The van der Waals surface area contributed by atoms with Crippen LogP contribution in [0.5, 0.6) is 0 Å². The first-order chi connectivity index (χ1) is 7.08. The molecule has 0 heterocycles. The summed E-state index contributed by atoms with van der Waals surface area (Å²) in [6.07, 6.45) is -1.68. The Morgan fingerprint density at radius 3 is 2.12 bits per heavy atom. The molecule has 0 aromatic heterocycles. The number of hydrogen-bond acceptors (Lipinski definition) is 4. The van der Waals surface area contributed by atoms with Crippen molar-refractivity contribution in [1.29, 1.82) is 0 Å². The smallest absolute Gasteiger partial charge is 0.418 e. The first kappa shape index (κ1) is 17.2. The fourth-order valence-electron chi connectivity index (χ4n) is 0.525. The van der Waals surface area contributed by atoms with Crippen molar-refractivity contribution in [1.82, 2.24) is 0 Å². The van der Waals surface area contributed by atoms with Crippen LogP contribution in [0.2, 0.25) is 0 Å². The van der Waals surface area contributed by atoms with E-state index in [1.807, 2.05) is 0 Å². The van der Waals surface area contributed by atoms with E-state index in [2.05, 4.69) is 52.5 Å². The van der Waals surface area contributed by atoms with Gasteiger partial charge in [-0.05, 0) is 0 Å². The third-order valence-corrected chi connectivity index (χ3v) is 2.34. The molecule has 0 spiro atoms. The van der Waals surface area contributed by atoms with E-state index < -0.39 is 18.0 Å². The summed E-state index contributed by atoms with van der Waals surface area (Å²) in [5.41, 5.74) is 0. The van der Waals surface area contributed by atoms with Gasteiger partial charge in [0, 0.05) is 0 Å². The maximum absolute atomic E-state index is 11.4. The molecule has 0 saturated heterocycles. The predicted octanol–water partition coefficient (Wildman–Crippen LogP) is 3.19. The molecule has 0 aromatic carbocycles. The van der Waals surface area contributed by atoms with Gasteiger partial charge in [0.2, 0.25) is 9.90 Å². The normalized spacial score (nSPS) is 14.1. The minimum absolute atomic E-state index is 0.134. The summed E-state index contributed by atoms with van der Waals surface area (Å²) in [4.78, 5) is 21.4. The van der Waals surface area contributed by atoms with Crippen LogP contribution in [0.4, 0.5) is 0 Å². The van der Waals surface area contributed by atoms with Crippen LogP contribution in [-0.2, 0) is 19.1 Å². The molecule has 16 heavy (non-hydrogen) atoms. The maximum Gasteiger partial charge on any atom is 0.418 e. The van der Waals surface area contributed by atoms with Crippen LogP contribution >= 0.6 is 82.6 Å². The SMILES string of the molecule is O=[C]OC(C(=O)OCC(Br)(Br)Br)C(Cl)(Cl)Cl. The number of rotatable bonds is 4. The maximum atomic E-state index is 11.4. The topological polar surface area (TPSA) is 52.6 Å². The fourth-order valence-corrected chi connectivity index (χ4v) is 1.27. The second-order valence-corrected chi connectivity index (χ2v) is 12.0. The van der Waals surface area contributed by atoms with Gasteiger partial charge in [0.05, 0.1) is 0 Å². The first-order valence-electron chi connectivity index (χ1n) is 3.41. The average molecular weight is 485 g/mol. The zero-order chi connectivity index (χ0) is 13.0. The van der Waals surface area contributed by atoms with Gasteiger partial charge in [-0.3, -0.25) is 0 Å². The van der Waals surface area contributed by atoms with E-state index in [-0.39, 0.29) is 6.61 Å². The Kier molecular flexibility index (Phi) is 7.54. The van der Waals surface area contributed by atoms with Crippen molar-refractivity contribution < 1.29 is 19.1 Å². The number of esters is 1. The lowest BCUT2D eigenvalue weighted by atomic mass is 10.4. The molecule has 0 aliphatic carbocycles. The van der Waals surface area contributed by atoms with Crippen molar-refractivity contribution in [2.45, 2.75) is 12.0 Å². The zero-order valence-corrected chi connectivity index (χ0v) is 14.2. The summed E-state index contributed by atoms with van der Waals surface area (Å²) in [7, 11) is 0. The van der Waals surface area contributed by atoms with Crippen molar-refractivity contribution in [3.05, 3.63) is 0 Å². The van der Waals surface area contributed by atoms with E-state index in [9.17, 15) is 9.59 Å². The molecule has 1 radical (unpaired) electrons. The Balaban J connectivity index is 4.46. The number of hydrogen-bond donors (Lipinski definition) is 0. The van der Waals surface area contributed by atoms with Gasteiger partial charge in [-0.15, -0.1) is 0 Å². The standard InChI is InChI=1S/C6H3Br3Cl3O4/c7-5(8,9)1-15-4(14)3(16-2-13)6(10,11)12/h3H,1H2. The largest absolute Gasteiger partial charge is 0.459 e. The molecule has 0 bridgehead atoms. The molecule has 10 heteroatoms. The molecule has 0 N–H and O–H groups in total. The summed E-state index contributed by atoms with van der Waals surface area (Å²) in [5.74, 6) is -1.01. The number of ether oxygens (including phenoxy) is 2. The Bertz CT molecular complexity index is 263. The van der Waals surface area contributed by atoms with Crippen molar-refractivity contribution in [3.8, 4) is 0 Å². The van der Waals surface area contributed by atoms with E-state index in [4.69, 9.17) is 39.5 Å². The van der Waals surface area contributed by atoms with E-state index in [0.29, 0.717) is 0 Å². The molecular weight excluding hydrogens is 482 g/mol. The van der Waals surface area contributed by atoms with Crippen molar-refractivity contribution in [3.63, 3.8) is 0 Å². The van der Waals surface area contributed by atoms with Gasteiger partial charge in [-0.2, -0.15) is 0 Å². The highest BCUT2D eigenvalue weighted by Gasteiger charge is 2.42. The minimum Gasteiger partial charge on any atom is -0.459 e.